The molecule has 13 nitrogen and oxygen atoms in total. The minimum absolute atomic E-state index is 0.271. The molecule has 0 aromatic carbocycles. The lowest BCUT2D eigenvalue weighted by Gasteiger charge is -2.44. The number of thiazole rings is 1. The highest BCUT2D eigenvalue weighted by atomic mass is 35.5. The number of esters is 4. The Bertz CT molecular complexity index is 1070. The maximum Gasteiger partial charge on any atom is 0.305 e. The van der Waals surface area contributed by atoms with Crippen molar-refractivity contribution in [2.24, 2.45) is 0 Å². The second kappa shape index (κ2) is 10.9. The van der Waals surface area contributed by atoms with Crippen molar-refractivity contribution in [3.8, 4) is 10.7 Å². The van der Waals surface area contributed by atoms with Crippen molar-refractivity contribution in [3.63, 3.8) is 0 Å². The Balaban J connectivity index is 2.08. The Kier molecular flexibility index (Phi) is 8.17. The van der Waals surface area contributed by atoms with Crippen molar-refractivity contribution in [2.45, 2.75) is 58.3 Å². The fraction of sp³-hybridized carbons (Fsp3) is 0.526. The van der Waals surface area contributed by atoms with Crippen LogP contribution in [-0.4, -0.2) is 75.1 Å². The molecule has 2 aromatic rings. The number of carbonyl (C=O) groups excluding carboxylic acids is 4. The van der Waals surface area contributed by atoms with Crippen molar-refractivity contribution < 1.29 is 42.9 Å². The maximum atomic E-state index is 11.9. The lowest BCUT2D eigenvalue weighted by atomic mass is 9.95. The van der Waals surface area contributed by atoms with Crippen LogP contribution >= 0.6 is 22.9 Å². The van der Waals surface area contributed by atoms with Crippen LogP contribution in [0.2, 0.25) is 5.15 Å². The molecular formula is C19H21ClN4O9S. The van der Waals surface area contributed by atoms with E-state index in [9.17, 15) is 19.2 Å². The molecule has 2 aromatic heterocycles. The minimum atomic E-state index is -1.43. The van der Waals surface area contributed by atoms with E-state index in [-0.39, 0.29) is 11.8 Å². The van der Waals surface area contributed by atoms with Crippen LogP contribution in [0.15, 0.2) is 11.6 Å². The molecule has 0 amide bonds. The van der Waals surface area contributed by atoms with Crippen molar-refractivity contribution in [2.75, 3.05) is 6.61 Å². The van der Waals surface area contributed by atoms with Gasteiger partial charge in [0, 0.05) is 33.1 Å². The molecule has 1 fully saturated rings. The molecule has 15 heteroatoms. The Morgan fingerprint density at radius 1 is 1.03 bits per heavy atom. The maximum absolute atomic E-state index is 11.9. The second-order valence-electron chi connectivity index (χ2n) is 7.15. The predicted octanol–water partition coefficient (Wildman–Crippen LogP) is 1.31. The summed E-state index contributed by atoms with van der Waals surface area (Å²) in [5.41, 5.74) is 0.340. The zero-order valence-corrected chi connectivity index (χ0v) is 20.1. The summed E-state index contributed by atoms with van der Waals surface area (Å²) in [4.78, 5) is 51.1. The molecule has 1 aliphatic rings. The fourth-order valence-corrected chi connectivity index (χ4v) is 4.23. The molecule has 1 saturated heterocycles. The first kappa shape index (κ1) is 25.5. The Morgan fingerprint density at radius 2 is 1.68 bits per heavy atom. The molecule has 1 aliphatic heterocycles. The summed E-state index contributed by atoms with van der Waals surface area (Å²) in [6.45, 7) is 4.30. The molecule has 0 saturated carbocycles. The largest absolute Gasteiger partial charge is 0.463 e. The molecule has 184 valence electrons. The molecule has 5 unspecified atom stereocenters. The molecule has 5 atom stereocenters. The summed E-state index contributed by atoms with van der Waals surface area (Å²) in [5.74, 6) is -2.75. The van der Waals surface area contributed by atoms with Gasteiger partial charge in [0.15, 0.2) is 12.2 Å². The van der Waals surface area contributed by atoms with E-state index in [0.717, 1.165) is 13.8 Å². The van der Waals surface area contributed by atoms with Crippen molar-refractivity contribution in [1.82, 2.24) is 20.0 Å². The lowest BCUT2D eigenvalue weighted by molar-refractivity contribution is -0.285. The van der Waals surface area contributed by atoms with Crippen LogP contribution in [0.25, 0.3) is 10.7 Å². The van der Waals surface area contributed by atoms with Crippen LogP contribution in [0.3, 0.4) is 0 Å². The second-order valence-corrected chi connectivity index (χ2v) is 8.40. The van der Waals surface area contributed by atoms with Gasteiger partial charge in [0.25, 0.3) is 0 Å². The number of nitrogens with zero attached hydrogens (tertiary/aromatic N) is 4. The molecule has 0 radical (unpaired) electrons. The average molecular weight is 517 g/mol. The predicted molar refractivity (Wildman–Crippen MR) is 113 cm³/mol. The minimum Gasteiger partial charge on any atom is -0.463 e. The number of aromatic nitrogens is 4. The molecule has 0 N–H and O–H groups in total. The van der Waals surface area contributed by atoms with Gasteiger partial charge in [-0.05, 0) is 0 Å². The van der Waals surface area contributed by atoms with E-state index in [0.29, 0.717) is 10.7 Å². The average Bonchev–Trinajstić information content (AvgIpc) is 3.36. The summed E-state index contributed by atoms with van der Waals surface area (Å²) in [6.07, 6.45) is -3.53. The van der Waals surface area contributed by atoms with Gasteiger partial charge in [-0.2, -0.15) is 0 Å². The first-order valence-corrected chi connectivity index (χ1v) is 11.1. The number of halogens is 1. The van der Waals surface area contributed by atoms with E-state index in [1.807, 2.05) is 0 Å². The van der Waals surface area contributed by atoms with Crippen LogP contribution < -0.4 is 0 Å². The lowest BCUT2D eigenvalue weighted by Crippen LogP contribution is -2.59. The number of hydrogen-bond donors (Lipinski definition) is 0. The Morgan fingerprint density at radius 3 is 2.24 bits per heavy atom. The van der Waals surface area contributed by atoms with Crippen molar-refractivity contribution in [3.05, 3.63) is 16.7 Å². The Hall–Kier alpha value is -3.10. The van der Waals surface area contributed by atoms with Crippen molar-refractivity contribution in [1.29, 1.82) is 0 Å². The standard InChI is InChI=1S/C19H21ClN4O9S/c1-8(25)29-6-13-16(30-9(2)26)15(17(31-10(3)27)19(33-13)32-11(4)28)24-5-12(22-23-24)18-21-14(20)7-34-18/h5,7,13,15-17,19H,6H2,1-4H3. The van der Waals surface area contributed by atoms with Crippen LogP contribution in [0.5, 0.6) is 0 Å². The first-order chi connectivity index (χ1) is 16.0. The van der Waals surface area contributed by atoms with Gasteiger partial charge in [-0.25, -0.2) is 9.67 Å². The summed E-state index contributed by atoms with van der Waals surface area (Å²) < 4.78 is 28.2. The van der Waals surface area contributed by atoms with Gasteiger partial charge in [-0.3, -0.25) is 19.2 Å². The monoisotopic (exact) mass is 516 g/mol. The van der Waals surface area contributed by atoms with Crippen LogP contribution in [-0.2, 0) is 42.9 Å². The van der Waals surface area contributed by atoms with Gasteiger partial charge in [-0.1, -0.05) is 16.8 Å². The molecule has 0 bridgehead atoms. The number of hydrogen-bond acceptors (Lipinski definition) is 13. The van der Waals surface area contributed by atoms with Gasteiger partial charge >= 0.3 is 23.9 Å². The summed E-state index contributed by atoms with van der Waals surface area (Å²) >= 11 is 7.12. The molecule has 3 rings (SSSR count). The van der Waals surface area contributed by atoms with Gasteiger partial charge < -0.3 is 23.7 Å². The highest BCUT2D eigenvalue weighted by Gasteiger charge is 2.53. The highest BCUT2D eigenvalue weighted by Crippen LogP contribution is 2.36. The third-order valence-electron chi connectivity index (χ3n) is 4.46. The highest BCUT2D eigenvalue weighted by molar-refractivity contribution is 7.13. The Labute approximate surface area is 202 Å². The smallest absolute Gasteiger partial charge is 0.305 e. The van der Waals surface area contributed by atoms with Gasteiger partial charge in [0.2, 0.25) is 6.29 Å². The van der Waals surface area contributed by atoms with Gasteiger partial charge in [0.1, 0.15) is 34.6 Å². The van der Waals surface area contributed by atoms with Crippen LogP contribution in [0.4, 0.5) is 0 Å². The third kappa shape index (κ3) is 6.27. The molecule has 34 heavy (non-hydrogen) atoms. The van der Waals surface area contributed by atoms with Gasteiger partial charge in [0.05, 0.1) is 6.20 Å². The fourth-order valence-electron chi connectivity index (χ4n) is 3.33. The number of rotatable bonds is 7. The normalized spacial score (nSPS) is 24.2. The number of carbonyl (C=O) groups is 4. The van der Waals surface area contributed by atoms with E-state index < -0.39 is 54.5 Å². The van der Waals surface area contributed by atoms with Crippen molar-refractivity contribution >= 4 is 46.8 Å². The molecular weight excluding hydrogens is 496 g/mol. The summed E-state index contributed by atoms with van der Waals surface area (Å²) in [6, 6.07) is -1.08. The number of ether oxygens (including phenoxy) is 5. The molecule has 3 heterocycles. The zero-order chi connectivity index (χ0) is 25.0. The van der Waals surface area contributed by atoms with Crippen LogP contribution in [0, 0.1) is 0 Å². The molecule has 0 spiro atoms. The van der Waals surface area contributed by atoms with Crippen LogP contribution in [0.1, 0.15) is 33.7 Å². The van der Waals surface area contributed by atoms with E-state index in [2.05, 4.69) is 15.3 Å². The quantitative estimate of drug-likeness (QED) is 0.384. The zero-order valence-electron chi connectivity index (χ0n) is 18.5. The third-order valence-corrected chi connectivity index (χ3v) is 5.65. The van der Waals surface area contributed by atoms with Gasteiger partial charge in [-0.15, -0.1) is 16.4 Å². The summed E-state index contributed by atoms with van der Waals surface area (Å²) in [5, 5.41) is 10.5. The van der Waals surface area contributed by atoms with E-state index in [4.69, 9.17) is 35.3 Å². The van der Waals surface area contributed by atoms with E-state index in [1.54, 1.807) is 5.38 Å². The summed E-state index contributed by atoms with van der Waals surface area (Å²) in [7, 11) is 0. The van der Waals surface area contributed by atoms with E-state index >= 15 is 0 Å². The first-order valence-electron chi connectivity index (χ1n) is 9.89. The van der Waals surface area contributed by atoms with E-state index in [1.165, 1.54) is 36.1 Å². The SMILES string of the molecule is CC(=O)OCC1OC(OC(C)=O)C(OC(C)=O)C(n2cc(-c3nc(Cl)cs3)nn2)C1OC(C)=O. The topological polar surface area (TPSA) is 158 Å². The molecule has 0 aliphatic carbocycles.